The van der Waals surface area contributed by atoms with E-state index in [0.717, 1.165) is 77.0 Å². The highest BCUT2D eigenvalue weighted by Gasteiger charge is 2.22. The summed E-state index contributed by atoms with van der Waals surface area (Å²) in [6.07, 6.45) is 51.4. The van der Waals surface area contributed by atoms with Crippen LogP contribution in [0.5, 0.6) is 0 Å². The lowest BCUT2D eigenvalue weighted by atomic mass is 10.1. The molecule has 0 rings (SSSR count). The molecule has 0 bridgehead atoms. The molecule has 0 aromatic heterocycles. The Balaban J connectivity index is 4.14. The van der Waals surface area contributed by atoms with Gasteiger partial charge < -0.3 is 19.3 Å². The van der Waals surface area contributed by atoms with Gasteiger partial charge in [-0.2, -0.15) is 0 Å². The average Bonchev–Trinajstić information content (AvgIpc) is 3.11. The van der Waals surface area contributed by atoms with Crippen LogP contribution in [0.25, 0.3) is 0 Å². The summed E-state index contributed by atoms with van der Waals surface area (Å²) in [7, 11) is -4.78. The summed E-state index contributed by atoms with van der Waals surface area (Å²) in [4.78, 5) is 42.7. The first kappa shape index (κ1) is 49.0. The summed E-state index contributed by atoms with van der Waals surface area (Å²) in [5, 5.41) is 0. The number of carbonyl (C=O) groups excluding carboxylic acids is 2. The second-order valence-electron chi connectivity index (χ2n) is 12.5. The summed E-state index contributed by atoms with van der Waals surface area (Å²) < 4.78 is 26.2. The standard InChI is InChI=1S/C43H69O8P/c1-3-5-7-9-11-13-15-17-19-20-21-22-24-26-28-30-32-34-36-38-43(45)51-41(40-50-52(46,47)48)39-49-42(44)37-35-33-31-29-27-25-23-18-16-14-12-10-8-6-4-2/h5,7,11-14,17-19,21-23,26,28,32,34,41H,3-4,6,8-10,15-16,20,24-25,27,29-31,33,35-40H2,1-2H3,(H2,46,47,48)/b7-5+,13-11+,14-12+,19-17+,22-21+,23-18+,28-26+,34-32+/t41-/m1/s1. The molecule has 0 unspecified atom stereocenters. The number of hydrogen-bond donors (Lipinski definition) is 2. The highest BCUT2D eigenvalue weighted by Crippen LogP contribution is 2.35. The van der Waals surface area contributed by atoms with Crippen LogP contribution in [-0.2, 0) is 28.2 Å². The Kier molecular flexibility index (Phi) is 35.5. The predicted molar refractivity (Wildman–Crippen MR) is 216 cm³/mol. The number of esters is 2. The van der Waals surface area contributed by atoms with Gasteiger partial charge in [-0.1, -0.05) is 143 Å². The molecule has 0 amide bonds. The van der Waals surface area contributed by atoms with Gasteiger partial charge in [-0.25, -0.2) is 4.57 Å². The molecule has 0 heterocycles. The fraction of sp³-hybridized carbons (Fsp3) is 0.581. The molecule has 1 atom stereocenters. The van der Waals surface area contributed by atoms with Crippen LogP contribution in [0, 0.1) is 0 Å². The summed E-state index contributed by atoms with van der Waals surface area (Å²) >= 11 is 0. The van der Waals surface area contributed by atoms with Crippen molar-refractivity contribution in [1.82, 2.24) is 0 Å². The van der Waals surface area contributed by atoms with Crippen LogP contribution in [0.1, 0.15) is 142 Å². The van der Waals surface area contributed by atoms with Gasteiger partial charge in [-0.05, 0) is 83.5 Å². The molecule has 0 fully saturated rings. The number of phosphoric ester groups is 1. The topological polar surface area (TPSA) is 119 Å². The maximum absolute atomic E-state index is 12.3. The first-order valence-electron chi connectivity index (χ1n) is 19.5. The number of carbonyl (C=O) groups is 2. The molecule has 0 saturated carbocycles. The van der Waals surface area contributed by atoms with Crippen molar-refractivity contribution in [3.05, 3.63) is 97.2 Å². The smallest absolute Gasteiger partial charge is 0.462 e. The van der Waals surface area contributed by atoms with Gasteiger partial charge in [0.15, 0.2) is 6.10 Å². The van der Waals surface area contributed by atoms with Crippen LogP contribution < -0.4 is 0 Å². The highest BCUT2D eigenvalue weighted by molar-refractivity contribution is 7.46. The Bertz CT molecular complexity index is 1160. The molecule has 0 radical (unpaired) electrons. The molecule has 0 aliphatic heterocycles. The van der Waals surface area contributed by atoms with Crippen molar-refractivity contribution >= 4 is 19.8 Å². The quantitative estimate of drug-likeness (QED) is 0.0289. The lowest BCUT2D eigenvalue weighted by Crippen LogP contribution is -2.29. The normalized spacial score (nSPS) is 13.5. The van der Waals surface area contributed by atoms with Crippen LogP contribution in [0.2, 0.25) is 0 Å². The van der Waals surface area contributed by atoms with Gasteiger partial charge in [-0.3, -0.25) is 14.1 Å². The van der Waals surface area contributed by atoms with E-state index in [1.54, 1.807) is 0 Å². The number of phosphoric acid groups is 1. The average molecular weight is 745 g/mol. The monoisotopic (exact) mass is 744 g/mol. The highest BCUT2D eigenvalue weighted by atomic mass is 31.2. The Morgan fingerprint density at radius 3 is 1.46 bits per heavy atom. The summed E-state index contributed by atoms with van der Waals surface area (Å²) in [5.41, 5.74) is 0. The fourth-order valence-electron chi connectivity index (χ4n) is 4.72. The molecule has 0 aromatic rings. The summed E-state index contributed by atoms with van der Waals surface area (Å²) in [6.45, 7) is 3.45. The Morgan fingerprint density at radius 1 is 0.519 bits per heavy atom. The first-order chi connectivity index (χ1) is 25.3. The van der Waals surface area contributed by atoms with E-state index in [0.29, 0.717) is 12.8 Å². The molecular formula is C43H69O8P. The molecule has 2 N–H and O–H groups in total. The lowest BCUT2D eigenvalue weighted by Gasteiger charge is -2.18. The van der Waals surface area contributed by atoms with Crippen LogP contribution in [-0.4, -0.2) is 41.0 Å². The maximum Gasteiger partial charge on any atom is 0.469 e. The Labute approximate surface area is 315 Å². The molecule has 9 heteroatoms. The second-order valence-corrected chi connectivity index (χ2v) is 13.8. The number of hydrogen-bond acceptors (Lipinski definition) is 6. The molecule has 8 nitrogen and oxygen atoms in total. The molecule has 0 aliphatic carbocycles. The second kappa shape index (κ2) is 37.7. The third-order valence-electron chi connectivity index (χ3n) is 7.60. The number of rotatable bonds is 34. The molecule has 0 saturated heterocycles. The van der Waals surface area contributed by atoms with Crippen molar-refractivity contribution in [2.24, 2.45) is 0 Å². The third-order valence-corrected chi connectivity index (χ3v) is 8.09. The fourth-order valence-corrected chi connectivity index (χ4v) is 5.08. The van der Waals surface area contributed by atoms with Crippen molar-refractivity contribution in [2.75, 3.05) is 13.2 Å². The minimum Gasteiger partial charge on any atom is -0.462 e. The van der Waals surface area contributed by atoms with Crippen LogP contribution >= 0.6 is 7.82 Å². The van der Waals surface area contributed by atoms with Crippen molar-refractivity contribution in [3.8, 4) is 0 Å². The number of allylic oxidation sites excluding steroid dienone is 16. The van der Waals surface area contributed by atoms with Crippen molar-refractivity contribution in [2.45, 2.75) is 148 Å². The molecule has 294 valence electrons. The van der Waals surface area contributed by atoms with Gasteiger partial charge in [0.25, 0.3) is 0 Å². The van der Waals surface area contributed by atoms with Gasteiger partial charge in [0, 0.05) is 12.8 Å². The molecule has 0 spiro atoms. The van der Waals surface area contributed by atoms with E-state index in [1.807, 2.05) is 12.2 Å². The van der Waals surface area contributed by atoms with E-state index in [-0.39, 0.29) is 19.4 Å². The zero-order valence-electron chi connectivity index (χ0n) is 32.2. The Hall–Kier alpha value is -3.03. The third kappa shape index (κ3) is 39.8. The van der Waals surface area contributed by atoms with Crippen molar-refractivity contribution in [3.63, 3.8) is 0 Å². The molecule has 0 aliphatic rings. The summed E-state index contributed by atoms with van der Waals surface area (Å²) in [5.74, 6) is -1.01. The van der Waals surface area contributed by atoms with Crippen molar-refractivity contribution in [1.29, 1.82) is 0 Å². The zero-order valence-corrected chi connectivity index (χ0v) is 33.1. The van der Waals surface area contributed by atoms with Gasteiger partial charge in [0.2, 0.25) is 0 Å². The Morgan fingerprint density at radius 2 is 0.962 bits per heavy atom. The van der Waals surface area contributed by atoms with Gasteiger partial charge >= 0.3 is 19.8 Å². The van der Waals surface area contributed by atoms with Crippen LogP contribution in [0.4, 0.5) is 0 Å². The lowest BCUT2D eigenvalue weighted by molar-refractivity contribution is -0.161. The van der Waals surface area contributed by atoms with E-state index < -0.39 is 32.5 Å². The number of ether oxygens (including phenoxy) is 2. The predicted octanol–water partition coefficient (Wildman–Crippen LogP) is 11.8. The maximum atomic E-state index is 12.3. The summed E-state index contributed by atoms with van der Waals surface area (Å²) in [6, 6.07) is 0. The van der Waals surface area contributed by atoms with E-state index in [2.05, 4.69) is 103 Å². The van der Waals surface area contributed by atoms with Crippen molar-refractivity contribution < 1.29 is 37.9 Å². The first-order valence-corrected chi connectivity index (χ1v) is 21.1. The van der Waals surface area contributed by atoms with E-state index in [4.69, 9.17) is 19.3 Å². The van der Waals surface area contributed by atoms with Gasteiger partial charge in [-0.15, -0.1) is 0 Å². The van der Waals surface area contributed by atoms with Gasteiger partial charge in [0.1, 0.15) is 6.61 Å². The molecule has 0 aromatic carbocycles. The zero-order chi connectivity index (χ0) is 38.2. The van der Waals surface area contributed by atoms with Crippen LogP contribution in [0.3, 0.4) is 0 Å². The van der Waals surface area contributed by atoms with E-state index in [1.165, 1.54) is 25.7 Å². The van der Waals surface area contributed by atoms with E-state index >= 15 is 0 Å². The minimum absolute atomic E-state index is 0.0779. The largest absolute Gasteiger partial charge is 0.469 e. The molecule has 52 heavy (non-hydrogen) atoms. The molecular weight excluding hydrogens is 675 g/mol. The van der Waals surface area contributed by atoms with E-state index in [9.17, 15) is 14.2 Å². The van der Waals surface area contributed by atoms with Gasteiger partial charge in [0.05, 0.1) is 6.61 Å². The number of unbranched alkanes of at least 4 members (excludes halogenated alkanes) is 8. The minimum atomic E-state index is -4.78. The SMILES string of the molecule is CC/C=C/C/C=C/C/C=C/C/C=C/C/C=C/C/C=C/CCC(=O)O[C@H](COC(=O)CCCCCCC/C=C/C/C=C/CCCCC)COP(=O)(O)O. The van der Waals surface area contributed by atoms with Crippen LogP contribution in [0.15, 0.2) is 97.2 Å².